The van der Waals surface area contributed by atoms with E-state index in [1.54, 1.807) is 11.0 Å². The molecule has 2 aliphatic heterocycles. The van der Waals surface area contributed by atoms with Gasteiger partial charge in [-0.25, -0.2) is 18.2 Å². The summed E-state index contributed by atoms with van der Waals surface area (Å²) in [5, 5.41) is 21.4. The molecule has 1 fully saturated rings. The number of nitrogens with one attached hydrogen (secondary N) is 1. The van der Waals surface area contributed by atoms with E-state index < -0.39 is 35.7 Å². The lowest BCUT2D eigenvalue weighted by molar-refractivity contribution is 0.112. The van der Waals surface area contributed by atoms with E-state index in [-0.39, 0.29) is 47.8 Å². The van der Waals surface area contributed by atoms with Gasteiger partial charge in [-0.15, -0.1) is 10.2 Å². The number of alkyl halides is 1. The smallest absolute Gasteiger partial charge is 0.251 e. The summed E-state index contributed by atoms with van der Waals surface area (Å²) in [5.41, 5.74) is 0.122. The predicted molar refractivity (Wildman–Crippen MR) is 117 cm³/mol. The lowest BCUT2D eigenvalue weighted by Crippen LogP contribution is -2.54. The molecule has 11 heteroatoms. The van der Waals surface area contributed by atoms with Crippen LogP contribution in [0.4, 0.5) is 24.7 Å². The second kappa shape index (κ2) is 8.15. The molecule has 2 aromatic heterocycles. The first-order chi connectivity index (χ1) is 16.4. The summed E-state index contributed by atoms with van der Waals surface area (Å²) in [6, 6.07) is 5.66. The van der Waals surface area contributed by atoms with Crippen molar-refractivity contribution in [1.82, 2.24) is 15.2 Å². The number of anilines is 2. The molecule has 4 heterocycles. The third kappa shape index (κ3) is 3.39. The van der Waals surface area contributed by atoms with Crippen LogP contribution in [0.15, 0.2) is 30.5 Å². The molecular formula is C23H20F3N5O3. The number of aromatic hydroxyl groups is 1. The van der Waals surface area contributed by atoms with Gasteiger partial charge in [0, 0.05) is 35.9 Å². The van der Waals surface area contributed by atoms with E-state index in [1.165, 1.54) is 25.3 Å². The van der Waals surface area contributed by atoms with Gasteiger partial charge in [-0.05, 0) is 25.1 Å². The number of fused-ring (bicyclic) bond motifs is 3. The Labute approximate surface area is 192 Å². The number of ether oxygens (including phenoxy) is 1. The average Bonchev–Trinajstić information content (AvgIpc) is 3.23. The number of aldehydes is 1. The number of pyridine rings is 1. The number of rotatable bonds is 5. The molecule has 2 atom stereocenters. The van der Waals surface area contributed by atoms with Crippen LogP contribution in [0, 0.1) is 18.6 Å². The standard InChI is InChI=1S/C23H20F3N5O3/c1-12-13(9-32)7-27-22(19(12)26)34-14-6-23(10-24)11-28-21-18(31(23)8-14)5-17(29-30-21)15-3-2-4-16(25)20(15)33/h2-5,7,9,14,33H,6,8,10-11H2,1H3,(H,28,30)/t14-,23+/m1/s1. The summed E-state index contributed by atoms with van der Waals surface area (Å²) in [4.78, 5) is 16.7. The predicted octanol–water partition coefficient (Wildman–Crippen LogP) is 3.43. The summed E-state index contributed by atoms with van der Waals surface area (Å²) in [7, 11) is 0. The third-order valence-electron chi connectivity index (χ3n) is 6.40. The highest BCUT2D eigenvalue weighted by molar-refractivity contribution is 5.78. The topological polar surface area (TPSA) is 100 Å². The van der Waals surface area contributed by atoms with Gasteiger partial charge in [0.05, 0.1) is 23.5 Å². The molecule has 2 N–H and O–H groups in total. The fourth-order valence-corrected chi connectivity index (χ4v) is 4.51. The molecule has 34 heavy (non-hydrogen) atoms. The highest BCUT2D eigenvalue weighted by Crippen LogP contribution is 2.44. The zero-order valence-electron chi connectivity index (χ0n) is 18.1. The van der Waals surface area contributed by atoms with Gasteiger partial charge in [0.1, 0.15) is 12.8 Å². The van der Waals surface area contributed by atoms with Crippen molar-refractivity contribution in [2.45, 2.75) is 25.0 Å². The van der Waals surface area contributed by atoms with E-state index >= 15 is 0 Å². The number of halogens is 3. The lowest BCUT2D eigenvalue weighted by Gasteiger charge is -2.42. The Morgan fingerprint density at radius 2 is 2.18 bits per heavy atom. The first-order valence-electron chi connectivity index (χ1n) is 10.6. The molecule has 2 aliphatic rings. The zero-order chi connectivity index (χ0) is 24.0. The summed E-state index contributed by atoms with van der Waals surface area (Å²) >= 11 is 0. The number of carbonyl (C=O) groups is 1. The van der Waals surface area contributed by atoms with Gasteiger partial charge in [0.2, 0.25) is 0 Å². The van der Waals surface area contributed by atoms with Crippen LogP contribution in [0.2, 0.25) is 0 Å². The van der Waals surface area contributed by atoms with E-state index in [4.69, 9.17) is 4.74 Å². The number of phenolic OH excluding ortho intramolecular Hbond substituents is 1. The number of hydrogen-bond donors (Lipinski definition) is 2. The molecule has 0 spiro atoms. The molecule has 176 valence electrons. The average molecular weight is 471 g/mol. The normalized spacial score (nSPS) is 20.9. The number of benzene rings is 1. The van der Waals surface area contributed by atoms with E-state index in [0.29, 0.717) is 17.8 Å². The minimum absolute atomic E-state index is 0.123. The number of aromatic nitrogens is 3. The largest absolute Gasteiger partial charge is 0.504 e. The van der Waals surface area contributed by atoms with E-state index in [9.17, 15) is 23.1 Å². The molecule has 1 aromatic carbocycles. The van der Waals surface area contributed by atoms with Crippen LogP contribution >= 0.6 is 0 Å². The van der Waals surface area contributed by atoms with Crippen molar-refractivity contribution in [3.8, 4) is 22.9 Å². The van der Waals surface area contributed by atoms with Crippen molar-refractivity contribution in [2.75, 3.05) is 30.0 Å². The van der Waals surface area contributed by atoms with Crippen LogP contribution in [-0.2, 0) is 0 Å². The second-order valence-electron chi connectivity index (χ2n) is 8.44. The minimum Gasteiger partial charge on any atom is -0.504 e. The Kier molecular flexibility index (Phi) is 5.26. The highest BCUT2D eigenvalue weighted by Gasteiger charge is 2.50. The number of phenols is 1. The van der Waals surface area contributed by atoms with Gasteiger partial charge < -0.3 is 20.1 Å². The molecular weight excluding hydrogens is 451 g/mol. The van der Waals surface area contributed by atoms with Crippen LogP contribution in [0.25, 0.3) is 11.3 Å². The maximum atomic E-state index is 14.7. The van der Waals surface area contributed by atoms with Crippen molar-refractivity contribution in [1.29, 1.82) is 0 Å². The molecule has 0 saturated carbocycles. The first kappa shape index (κ1) is 21.9. The van der Waals surface area contributed by atoms with Gasteiger partial charge in [0.25, 0.3) is 5.88 Å². The SMILES string of the molecule is Cc1c(C=O)cnc(O[C@H]2CN3c4cc(-c5cccc(F)c5O)nnc4NC[C@@]3(CF)C2)c1F. The molecule has 8 nitrogen and oxygen atoms in total. The molecule has 0 aliphatic carbocycles. The third-order valence-corrected chi connectivity index (χ3v) is 6.40. The molecule has 1 saturated heterocycles. The second-order valence-corrected chi connectivity index (χ2v) is 8.44. The first-order valence-corrected chi connectivity index (χ1v) is 10.6. The highest BCUT2D eigenvalue weighted by atomic mass is 19.1. The van der Waals surface area contributed by atoms with Crippen LogP contribution < -0.4 is 15.0 Å². The maximum absolute atomic E-state index is 14.7. The Hall–Kier alpha value is -3.89. The van der Waals surface area contributed by atoms with Crippen molar-refractivity contribution >= 4 is 17.8 Å². The fourth-order valence-electron chi connectivity index (χ4n) is 4.51. The summed E-state index contributed by atoms with van der Waals surface area (Å²) in [5.74, 6) is -1.95. The Morgan fingerprint density at radius 1 is 1.35 bits per heavy atom. The molecule has 0 bridgehead atoms. The van der Waals surface area contributed by atoms with Gasteiger partial charge in [-0.2, -0.15) is 0 Å². The van der Waals surface area contributed by atoms with Gasteiger partial charge in [0.15, 0.2) is 29.5 Å². The molecule has 0 unspecified atom stereocenters. The Morgan fingerprint density at radius 3 is 2.94 bits per heavy atom. The molecule has 0 amide bonds. The van der Waals surface area contributed by atoms with Crippen LogP contribution in [0.1, 0.15) is 22.3 Å². The minimum atomic E-state index is -0.990. The number of hydrogen-bond acceptors (Lipinski definition) is 8. The molecule has 5 rings (SSSR count). The van der Waals surface area contributed by atoms with Gasteiger partial charge >= 0.3 is 0 Å². The Balaban J connectivity index is 1.48. The van der Waals surface area contributed by atoms with Gasteiger partial charge in [-0.1, -0.05) is 6.07 Å². The monoisotopic (exact) mass is 471 g/mol. The number of carbonyl (C=O) groups excluding carboxylic acids is 1. The summed E-state index contributed by atoms with van der Waals surface area (Å²) in [6.45, 7) is 1.15. The van der Waals surface area contributed by atoms with Crippen LogP contribution in [-0.4, -0.2) is 58.0 Å². The van der Waals surface area contributed by atoms with E-state index in [0.717, 1.165) is 6.07 Å². The summed E-state index contributed by atoms with van der Waals surface area (Å²) < 4.78 is 48.8. The van der Waals surface area contributed by atoms with Crippen LogP contribution in [0.3, 0.4) is 0 Å². The number of nitrogens with zero attached hydrogens (tertiary/aromatic N) is 4. The quantitative estimate of drug-likeness (QED) is 0.546. The van der Waals surface area contributed by atoms with E-state index in [2.05, 4.69) is 20.5 Å². The van der Waals surface area contributed by atoms with E-state index in [1.807, 2.05) is 0 Å². The molecule has 0 radical (unpaired) electrons. The fraction of sp³-hybridized carbons (Fsp3) is 0.304. The van der Waals surface area contributed by atoms with Crippen molar-refractivity contribution < 1.29 is 27.8 Å². The van der Waals surface area contributed by atoms with Crippen molar-refractivity contribution in [3.63, 3.8) is 0 Å². The van der Waals surface area contributed by atoms with Crippen molar-refractivity contribution in [3.05, 3.63) is 53.2 Å². The number of para-hydroxylation sites is 1. The summed E-state index contributed by atoms with van der Waals surface area (Å²) in [6.07, 6.45) is 1.37. The van der Waals surface area contributed by atoms with Gasteiger partial charge in [-0.3, -0.25) is 4.79 Å². The van der Waals surface area contributed by atoms with Crippen LogP contribution in [0.5, 0.6) is 11.6 Å². The lowest BCUT2D eigenvalue weighted by atomic mass is 9.94. The zero-order valence-corrected chi connectivity index (χ0v) is 18.1. The maximum Gasteiger partial charge on any atom is 0.251 e. The molecule has 3 aromatic rings. The van der Waals surface area contributed by atoms with Crippen molar-refractivity contribution in [2.24, 2.45) is 0 Å². The Bertz CT molecular complexity index is 1290.